The molecule has 0 spiro atoms. The van der Waals surface area contributed by atoms with E-state index in [1.165, 1.54) is 0 Å². The molecule has 0 saturated carbocycles. The second kappa shape index (κ2) is 8.15. The van der Waals surface area contributed by atoms with Crippen LogP contribution in [0.1, 0.15) is 45.2 Å². The summed E-state index contributed by atoms with van der Waals surface area (Å²) in [6.07, 6.45) is 1.86. The van der Waals surface area contributed by atoms with E-state index in [4.69, 9.17) is 0 Å². The second-order valence-corrected chi connectivity index (χ2v) is 8.07. The molecule has 3 amide bonds. The molecule has 1 aromatic rings. The van der Waals surface area contributed by atoms with Gasteiger partial charge in [0.05, 0.1) is 0 Å². The van der Waals surface area contributed by atoms with Crippen molar-refractivity contribution in [3.05, 3.63) is 34.2 Å². The predicted molar refractivity (Wildman–Crippen MR) is 104 cm³/mol. The van der Waals surface area contributed by atoms with Gasteiger partial charge in [0.1, 0.15) is 6.04 Å². The van der Waals surface area contributed by atoms with Crippen LogP contribution in [0.5, 0.6) is 0 Å². The van der Waals surface area contributed by atoms with Gasteiger partial charge in [-0.3, -0.25) is 9.59 Å². The van der Waals surface area contributed by atoms with E-state index in [0.717, 1.165) is 18.5 Å². The third kappa shape index (κ3) is 4.17. The van der Waals surface area contributed by atoms with Crippen molar-refractivity contribution < 1.29 is 9.59 Å². The number of carbonyl (C=O) groups excluding carboxylic acids is 2. The molecule has 1 saturated heterocycles. The summed E-state index contributed by atoms with van der Waals surface area (Å²) in [6.45, 7) is 8.32. The number of fused-ring (bicyclic) bond motifs is 4. The van der Waals surface area contributed by atoms with Crippen molar-refractivity contribution in [2.24, 2.45) is 11.8 Å². The summed E-state index contributed by atoms with van der Waals surface area (Å²) in [7, 11) is 0. The highest BCUT2D eigenvalue weighted by Crippen LogP contribution is 2.34. The minimum atomic E-state index is -0.541. The van der Waals surface area contributed by atoms with Crippen LogP contribution in [-0.2, 0) is 11.3 Å². The Hall–Kier alpha value is -2.31. The highest BCUT2D eigenvalue weighted by molar-refractivity contribution is 5.87. The van der Waals surface area contributed by atoms with Gasteiger partial charge in [-0.05, 0) is 30.7 Å². The Kier molecular flexibility index (Phi) is 5.87. The quantitative estimate of drug-likeness (QED) is 0.820. The Morgan fingerprint density at radius 1 is 1.22 bits per heavy atom. The Morgan fingerprint density at radius 2 is 2.00 bits per heavy atom. The fourth-order valence-corrected chi connectivity index (χ4v) is 4.18. The van der Waals surface area contributed by atoms with Gasteiger partial charge < -0.3 is 20.1 Å². The number of hydrogen-bond acceptors (Lipinski definition) is 3. The summed E-state index contributed by atoms with van der Waals surface area (Å²) in [4.78, 5) is 39.2. The van der Waals surface area contributed by atoms with Gasteiger partial charge in [-0.15, -0.1) is 0 Å². The Bertz CT molecular complexity index is 758. The minimum Gasteiger partial charge on any atom is -0.354 e. The molecule has 3 heterocycles. The van der Waals surface area contributed by atoms with Crippen LogP contribution in [0.3, 0.4) is 0 Å². The molecular weight excluding hydrogens is 344 g/mol. The molecule has 27 heavy (non-hydrogen) atoms. The van der Waals surface area contributed by atoms with Gasteiger partial charge in [0.2, 0.25) is 5.91 Å². The standard InChI is InChI=1S/C20H30N4O3/c1-4-8-21-19(26)18(13(2)3)22-20(27)23-10-14-9-15(12-23)16-6-5-7-17(25)24(16)11-14/h5-7,13-15,18H,4,8-12H2,1-3H3,(H,21,26)(H,22,27)/t14-,15+,18+/m1/s1. The maximum absolute atomic E-state index is 12.9. The van der Waals surface area contributed by atoms with Gasteiger partial charge in [-0.1, -0.05) is 26.8 Å². The highest BCUT2D eigenvalue weighted by atomic mass is 16.2. The molecular formula is C20H30N4O3. The van der Waals surface area contributed by atoms with Crippen molar-refractivity contribution in [1.29, 1.82) is 0 Å². The van der Waals surface area contributed by atoms with Crippen molar-refractivity contribution in [3.63, 3.8) is 0 Å². The van der Waals surface area contributed by atoms with Crippen molar-refractivity contribution >= 4 is 11.9 Å². The van der Waals surface area contributed by atoms with Gasteiger partial charge in [0.25, 0.3) is 5.56 Å². The Morgan fingerprint density at radius 3 is 2.70 bits per heavy atom. The Balaban J connectivity index is 1.70. The molecule has 0 aromatic carbocycles. The molecule has 3 rings (SSSR count). The number of urea groups is 1. The van der Waals surface area contributed by atoms with Crippen molar-refractivity contribution in [2.75, 3.05) is 19.6 Å². The topological polar surface area (TPSA) is 83.4 Å². The van der Waals surface area contributed by atoms with Crippen LogP contribution in [0.4, 0.5) is 4.79 Å². The van der Waals surface area contributed by atoms with E-state index in [1.807, 2.05) is 36.3 Å². The normalized spacial score (nSPS) is 22.1. The molecule has 3 atom stereocenters. The van der Waals surface area contributed by atoms with Gasteiger partial charge in [-0.2, -0.15) is 0 Å². The fraction of sp³-hybridized carbons (Fsp3) is 0.650. The molecule has 2 aliphatic rings. The first-order valence-electron chi connectivity index (χ1n) is 9.93. The van der Waals surface area contributed by atoms with Crippen molar-refractivity contribution in [3.8, 4) is 0 Å². The molecule has 148 valence electrons. The first-order chi connectivity index (χ1) is 12.9. The summed E-state index contributed by atoms with van der Waals surface area (Å²) < 4.78 is 1.85. The predicted octanol–water partition coefficient (Wildman–Crippen LogP) is 1.53. The van der Waals surface area contributed by atoms with E-state index in [-0.39, 0.29) is 35.3 Å². The molecule has 1 aromatic heterocycles. The van der Waals surface area contributed by atoms with Crippen LogP contribution < -0.4 is 16.2 Å². The number of amides is 3. The number of nitrogens with one attached hydrogen (secondary N) is 2. The van der Waals surface area contributed by atoms with E-state index in [2.05, 4.69) is 10.6 Å². The average molecular weight is 374 g/mol. The van der Waals surface area contributed by atoms with Crippen molar-refractivity contribution in [1.82, 2.24) is 20.1 Å². The maximum Gasteiger partial charge on any atom is 0.318 e. The largest absolute Gasteiger partial charge is 0.354 e. The summed E-state index contributed by atoms with van der Waals surface area (Å²) >= 11 is 0. The molecule has 7 heteroatoms. The zero-order chi connectivity index (χ0) is 19.6. The van der Waals surface area contributed by atoms with Crippen LogP contribution in [0, 0.1) is 11.8 Å². The number of hydrogen-bond donors (Lipinski definition) is 2. The molecule has 1 fully saturated rings. The fourth-order valence-electron chi connectivity index (χ4n) is 4.18. The average Bonchev–Trinajstić information content (AvgIpc) is 2.64. The zero-order valence-electron chi connectivity index (χ0n) is 16.4. The van der Waals surface area contributed by atoms with Gasteiger partial charge >= 0.3 is 6.03 Å². The lowest BCUT2D eigenvalue weighted by Crippen LogP contribution is -2.57. The summed E-state index contributed by atoms with van der Waals surface area (Å²) in [6, 6.07) is 4.64. The van der Waals surface area contributed by atoms with Gasteiger partial charge in [0.15, 0.2) is 0 Å². The van der Waals surface area contributed by atoms with Crippen LogP contribution >= 0.6 is 0 Å². The highest BCUT2D eigenvalue weighted by Gasteiger charge is 2.37. The van der Waals surface area contributed by atoms with Crippen molar-refractivity contribution in [2.45, 2.75) is 52.1 Å². The summed E-state index contributed by atoms with van der Waals surface area (Å²) in [5, 5.41) is 5.80. The van der Waals surface area contributed by atoms with E-state index in [9.17, 15) is 14.4 Å². The van der Waals surface area contributed by atoms with E-state index in [1.54, 1.807) is 12.1 Å². The number of nitrogens with zero attached hydrogens (tertiary/aromatic N) is 2. The van der Waals surface area contributed by atoms with Crippen LogP contribution in [-0.4, -0.2) is 47.1 Å². The third-order valence-corrected chi connectivity index (χ3v) is 5.54. The number of rotatable bonds is 5. The lowest BCUT2D eigenvalue weighted by molar-refractivity contribution is -0.123. The Labute approximate surface area is 160 Å². The molecule has 0 radical (unpaired) electrons. The molecule has 0 unspecified atom stereocenters. The summed E-state index contributed by atoms with van der Waals surface area (Å²) in [5.74, 6) is 0.320. The molecule has 0 aliphatic carbocycles. The second-order valence-electron chi connectivity index (χ2n) is 8.07. The first-order valence-corrected chi connectivity index (χ1v) is 9.93. The van der Waals surface area contributed by atoms with Crippen LogP contribution in [0.25, 0.3) is 0 Å². The van der Waals surface area contributed by atoms with Gasteiger partial charge in [0, 0.05) is 43.9 Å². The number of aromatic nitrogens is 1. The molecule has 2 aliphatic heterocycles. The number of pyridine rings is 1. The monoisotopic (exact) mass is 374 g/mol. The lowest BCUT2D eigenvalue weighted by atomic mass is 9.83. The third-order valence-electron chi connectivity index (χ3n) is 5.54. The van der Waals surface area contributed by atoms with Crippen LogP contribution in [0.15, 0.2) is 23.0 Å². The maximum atomic E-state index is 12.9. The van der Waals surface area contributed by atoms with Crippen LogP contribution in [0.2, 0.25) is 0 Å². The summed E-state index contributed by atoms with van der Waals surface area (Å²) in [5.41, 5.74) is 1.05. The minimum absolute atomic E-state index is 0.00870. The first kappa shape index (κ1) is 19.5. The SMILES string of the molecule is CCCNC(=O)[C@@H](NC(=O)N1C[C@H]2C[C@@H](C1)c1cccc(=O)n1C2)C(C)C. The zero-order valence-corrected chi connectivity index (χ0v) is 16.4. The number of piperidine rings is 1. The molecule has 2 N–H and O–H groups in total. The van der Waals surface area contributed by atoms with Gasteiger partial charge in [-0.25, -0.2) is 4.79 Å². The number of carbonyl (C=O) groups is 2. The van der Waals surface area contributed by atoms with E-state index < -0.39 is 6.04 Å². The number of likely N-dealkylation sites (tertiary alicyclic amines) is 1. The molecule has 2 bridgehead atoms. The molecule has 7 nitrogen and oxygen atoms in total. The smallest absolute Gasteiger partial charge is 0.318 e. The van der Waals surface area contributed by atoms with E-state index >= 15 is 0 Å². The van der Waals surface area contributed by atoms with E-state index in [0.29, 0.717) is 26.2 Å². The lowest BCUT2D eigenvalue weighted by Gasteiger charge is -2.43.